The van der Waals surface area contributed by atoms with Crippen molar-refractivity contribution >= 4 is 40.9 Å². The number of halogens is 1. The normalized spacial score (nSPS) is 10.8. The van der Waals surface area contributed by atoms with Crippen LogP contribution < -0.4 is 5.32 Å². The molecule has 1 aromatic heterocycles. The van der Waals surface area contributed by atoms with Crippen molar-refractivity contribution in [2.45, 2.75) is 31.7 Å². The van der Waals surface area contributed by atoms with Crippen LogP contribution in [-0.4, -0.2) is 38.5 Å². The van der Waals surface area contributed by atoms with Gasteiger partial charge in [-0.1, -0.05) is 35.5 Å². The lowest BCUT2D eigenvalue weighted by molar-refractivity contribution is -0.113. The highest BCUT2D eigenvalue weighted by atomic mass is 35.5. The van der Waals surface area contributed by atoms with Crippen molar-refractivity contribution in [1.82, 2.24) is 14.8 Å². The Morgan fingerprint density at radius 2 is 1.97 bits per heavy atom. The minimum Gasteiger partial charge on any atom is -0.459 e. The molecule has 0 radical (unpaired) electrons. The Labute approximate surface area is 195 Å². The van der Waals surface area contributed by atoms with Crippen LogP contribution in [0.3, 0.4) is 0 Å². The van der Waals surface area contributed by atoms with Crippen LogP contribution in [0, 0.1) is 0 Å². The van der Waals surface area contributed by atoms with Crippen LogP contribution >= 0.6 is 23.4 Å². The number of ether oxygens (including phenoxy) is 1. The first kappa shape index (κ1) is 23.6. The number of carbonyl (C=O) groups is 2. The molecule has 1 heterocycles. The number of carbonyl (C=O) groups excluding carboxylic acids is 2. The smallest absolute Gasteiger partial charge is 0.338 e. The number of anilines is 1. The van der Waals surface area contributed by atoms with Gasteiger partial charge in [-0.2, -0.15) is 0 Å². The summed E-state index contributed by atoms with van der Waals surface area (Å²) in [7, 11) is 0. The predicted molar refractivity (Wildman–Crippen MR) is 127 cm³/mol. The summed E-state index contributed by atoms with van der Waals surface area (Å²) in [6.45, 7) is 7.85. The maximum absolute atomic E-state index is 12.5. The van der Waals surface area contributed by atoms with Gasteiger partial charge in [0.1, 0.15) is 0 Å². The minimum absolute atomic E-state index is 0.122. The molecule has 1 amide bonds. The molecule has 1 N–H and O–H groups in total. The van der Waals surface area contributed by atoms with E-state index < -0.39 is 5.97 Å². The number of thioether (sulfide) groups is 1. The van der Waals surface area contributed by atoms with Gasteiger partial charge in [-0.15, -0.1) is 16.8 Å². The van der Waals surface area contributed by atoms with E-state index in [-0.39, 0.29) is 17.8 Å². The number of nitrogens with zero attached hydrogens (tertiary/aromatic N) is 3. The Hall–Kier alpha value is -3.10. The lowest BCUT2D eigenvalue weighted by Crippen LogP contribution is -2.16. The van der Waals surface area contributed by atoms with Crippen molar-refractivity contribution in [3.05, 3.63) is 71.8 Å². The fourth-order valence-electron chi connectivity index (χ4n) is 2.83. The number of nitrogens with one attached hydrogen (secondary N) is 1. The second kappa shape index (κ2) is 11.0. The number of benzene rings is 2. The summed E-state index contributed by atoms with van der Waals surface area (Å²) in [5.74, 6) is 0.125. The third kappa shape index (κ3) is 6.21. The van der Waals surface area contributed by atoms with E-state index in [1.54, 1.807) is 56.3 Å². The van der Waals surface area contributed by atoms with Gasteiger partial charge in [0.05, 0.1) is 17.4 Å². The molecule has 0 atom stereocenters. The molecule has 166 valence electrons. The molecular weight excluding hydrogens is 448 g/mol. The topological polar surface area (TPSA) is 86.1 Å². The molecule has 0 saturated heterocycles. The van der Waals surface area contributed by atoms with E-state index >= 15 is 0 Å². The second-order valence-corrected chi connectivity index (χ2v) is 8.46. The fourth-order valence-corrected chi connectivity index (χ4v) is 3.71. The average Bonchev–Trinajstić information content (AvgIpc) is 3.15. The van der Waals surface area contributed by atoms with Gasteiger partial charge >= 0.3 is 5.97 Å². The SMILES string of the molecule is C=CCn1c(SCC(=O)Nc2cccc(C(=O)OC(C)C)c2)nnc1-c1ccc(Cl)cc1. The van der Waals surface area contributed by atoms with Gasteiger partial charge in [0.2, 0.25) is 5.91 Å². The molecule has 0 aliphatic carbocycles. The Morgan fingerprint density at radius 3 is 2.66 bits per heavy atom. The maximum atomic E-state index is 12.5. The van der Waals surface area contributed by atoms with Crippen LogP contribution in [0.25, 0.3) is 11.4 Å². The summed E-state index contributed by atoms with van der Waals surface area (Å²) in [5, 5.41) is 12.5. The lowest BCUT2D eigenvalue weighted by atomic mass is 10.2. The summed E-state index contributed by atoms with van der Waals surface area (Å²) in [5.41, 5.74) is 1.76. The highest BCUT2D eigenvalue weighted by Crippen LogP contribution is 2.25. The van der Waals surface area contributed by atoms with Crippen molar-refractivity contribution in [2.24, 2.45) is 0 Å². The number of aromatic nitrogens is 3. The average molecular weight is 471 g/mol. The standard InChI is InChI=1S/C23H23ClN4O3S/c1-4-12-28-21(16-8-10-18(24)11-9-16)26-27-23(28)32-14-20(29)25-19-7-5-6-17(13-19)22(30)31-15(2)3/h4-11,13,15H,1,12,14H2,2-3H3,(H,25,29). The van der Waals surface area contributed by atoms with Gasteiger partial charge in [0.25, 0.3) is 0 Å². The summed E-state index contributed by atoms with van der Waals surface area (Å²) < 4.78 is 7.08. The van der Waals surface area contributed by atoms with Crippen LogP contribution in [0.1, 0.15) is 24.2 Å². The van der Waals surface area contributed by atoms with E-state index in [4.69, 9.17) is 16.3 Å². The lowest BCUT2D eigenvalue weighted by Gasteiger charge is -2.10. The van der Waals surface area contributed by atoms with Crippen LogP contribution in [0.15, 0.2) is 66.3 Å². The van der Waals surface area contributed by atoms with Crippen molar-refractivity contribution in [3.8, 4) is 11.4 Å². The van der Waals surface area contributed by atoms with E-state index in [2.05, 4.69) is 22.1 Å². The molecule has 3 rings (SSSR count). The summed E-state index contributed by atoms with van der Waals surface area (Å²) in [4.78, 5) is 24.6. The Kier molecular flexibility index (Phi) is 8.08. The van der Waals surface area contributed by atoms with Crippen LogP contribution in [0.5, 0.6) is 0 Å². The molecule has 0 unspecified atom stereocenters. The minimum atomic E-state index is -0.433. The number of amides is 1. The van der Waals surface area contributed by atoms with Crippen molar-refractivity contribution < 1.29 is 14.3 Å². The molecule has 9 heteroatoms. The summed E-state index contributed by atoms with van der Waals surface area (Å²) >= 11 is 7.24. The molecule has 0 fully saturated rings. The van der Waals surface area contributed by atoms with Crippen molar-refractivity contribution in [1.29, 1.82) is 0 Å². The molecule has 32 heavy (non-hydrogen) atoms. The number of rotatable bonds is 9. The van der Waals surface area contributed by atoms with Crippen molar-refractivity contribution in [3.63, 3.8) is 0 Å². The Balaban J connectivity index is 1.67. The zero-order chi connectivity index (χ0) is 23.1. The molecule has 3 aromatic rings. The molecule has 0 saturated carbocycles. The second-order valence-electron chi connectivity index (χ2n) is 7.08. The van der Waals surface area contributed by atoms with E-state index in [1.807, 2.05) is 16.7 Å². The van der Waals surface area contributed by atoms with E-state index in [1.165, 1.54) is 11.8 Å². The number of allylic oxidation sites excluding steroid dienone is 1. The Morgan fingerprint density at radius 1 is 1.22 bits per heavy atom. The molecule has 0 bridgehead atoms. The molecule has 0 aliphatic heterocycles. The number of hydrogen-bond acceptors (Lipinski definition) is 6. The first-order chi connectivity index (χ1) is 15.4. The third-order valence-corrected chi connectivity index (χ3v) is 5.41. The van der Waals surface area contributed by atoms with Gasteiger partial charge in [-0.05, 0) is 56.3 Å². The predicted octanol–water partition coefficient (Wildman–Crippen LogP) is 5.08. The molecule has 2 aromatic carbocycles. The van der Waals surface area contributed by atoms with Gasteiger partial charge in [0.15, 0.2) is 11.0 Å². The fraction of sp³-hybridized carbons (Fsp3) is 0.217. The van der Waals surface area contributed by atoms with Gasteiger partial charge in [-0.25, -0.2) is 4.79 Å². The van der Waals surface area contributed by atoms with Gasteiger partial charge < -0.3 is 10.1 Å². The maximum Gasteiger partial charge on any atom is 0.338 e. The first-order valence-electron chi connectivity index (χ1n) is 9.91. The zero-order valence-corrected chi connectivity index (χ0v) is 19.3. The van der Waals surface area contributed by atoms with Gasteiger partial charge in [0, 0.05) is 22.8 Å². The summed E-state index contributed by atoms with van der Waals surface area (Å²) in [6.07, 6.45) is 1.53. The van der Waals surface area contributed by atoms with Crippen molar-refractivity contribution in [2.75, 3.05) is 11.1 Å². The van der Waals surface area contributed by atoms with E-state index in [0.29, 0.717) is 33.8 Å². The molecular formula is C23H23ClN4O3S. The largest absolute Gasteiger partial charge is 0.459 e. The first-order valence-corrected chi connectivity index (χ1v) is 11.3. The highest BCUT2D eigenvalue weighted by molar-refractivity contribution is 7.99. The highest BCUT2D eigenvalue weighted by Gasteiger charge is 2.16. The quantitative estimate of drug-likeness (QED) is 0.266. The molecule has 7 nitrogen and oxygen atoms in total. The summed E-state index contributed by atoms with van der Waals surface area (Å²) in [6, 6.07) is 13.9. The van der Waals surface area contributed by atoms with Gasteiger partial charge in [-0.3, -0.25) is 9.36 Å². The molecule has 0 aliphatic rings. The zero-order valence-electron chi connectivity index (χ0n) is 17.7. The third-order valence-electron chi connectivity index (χ3n) is 4.19. The molecule has 0 spiro atoms. The van der Waals surface area contributed by atoms with E-state index in [0.717, 1.165) is 5.56 Å². The Bertz CT molecular complexity index is 1110. The number of esters is 1. The van der Waals surface area contributed by atoms with Crippen LogP contribution in [0.2, 0.25) is 5.02 Å². The number of hydrogen-bond donors (Lipinski definition) is 1. The van der Waals surface area contributed by atoms with Crippen LogP contribution in [-0.2, 0) is 16.1 Å². The van der Waals surface area contributed by atoms with Crippen LogP contribution in [0.4, 0.5) is 5.69 Å². The monoisotopic (exact) mass is 470 g/mol. The van der Waals surface area contributed by atoms with E-state index in [9.17, 15) is 9.59 Å².